The maximum Gasteiger partial charge on any atom is 0.433 e. The Morgan fingerprint density at radius 2 is 1.73 bits per heavy atom. The van der Waals surface area contributed by atoms with Crippen molar-refractivity contribution in [3.63, 3.8) is 0 Å². The Balaban J connectivity index is 1.63. The zero-order valence-corrected chi connectivity index (χ0v) is 14.4. The van der Waals surface area contributed by atoms with Crippen LogP contribution in [0.3, 0.4) is 0 Å². The van der Waals surface area contributed by atoms with Crippen LogP contribution >= 0.6 is 0 Å². The fourth-order valence-electron chi connectivity index (χ4n) is 2.64. The lowest BCUT2D eigenvalue weighted by atomic mass is 10.1. The summed E-state index contributed by atoms with van der Waals surface area (Å²) in [6.45, 7) is 0.418. The lowest BCUT2D eigenvalue weighted by Gasteiger charge is -2.30. The molecule has 140 valence electrons. The summed E-state index contributed by atoms with van der Waals surface area (Å²) in [6, 6.07) is 8.48. The highest BCUT2D eigenvalue weighted by molar-refractivity contribution is 7.89. The number of sulfonamides is 1. The van der Waals surface area contributed by atoms with Gasteiger partial charge in [-0.3, -0.25) is 0 Å². The van der Waals surface area contributed by atoms with E-state index in [2.05, 4.69) is 9.97 Å². The Morgan fingerprint density at radius 3 is 2.35 bits per heavy atom. The lowest BCUT2D eigenvalue weighted by molar-refractivity contribution is -0.141. The van der Waals surface area contributed by atoms with Gasteiger partial charge in [0.05, 0.1) is 4.90 Å². The number of alkyl halides is 3. The summed E-state index contributed by atoms with van der Waals surface area (Å²) < 4.78 is 69.9. The van der Waals surface area contributed by atoms with Crippen LogP contribution in [-0.2, 0) is 16.2 Å². The third-order valence-corrected chi connectivity index (χ3v) is 5.89. The molecule has 1 aliphatic heterocycles. The average Bonchev–Trinajstić information content (AvgIpc) is 2.62. The Bertz CT molecular complexity index is 852. The molecule has 0 amide bonds. The maximum atomic E-state index is 12.7. The summed E-state index contributed by atoms with van der Waals surface area (Å²) in [5.41, 5.74) is -1.08. The average molecular weight is 387 g/mol. The number of halogens is 3. The Morgan fingerprint density at radius 1 is 1.08 bits per heavy atom. The summed E-state index contributed by atoms with van der Waals surface area (Å²) in [6.07, 6.45) is -3.35. The second-order valence-corrected chi connectivity index (χ2v) is 7.69. The summed E-state index contributed by atoms with van der Waals surface area (Å²) in [5, 5.41) is 0. The predicted octanol–water partition coefficient (Wildman–Crippen LogP) is 2.73. The molecule has 0 radical (unpaired) electrons. The summed E-state index contributed by atoms with van der Waals surface area (Å²) in [7, 11) is -3.59. The number of aromatic nitrogens is 2. The highest BCUT2D eigenvalue weighted by atomic mass is 32.2. The van der Waals surface area contributed by atoms with Crippen molar-refractivity contribution in [1.29, 1.82) is 0 Å². The van der Waals surface area contributed by atoms with E-state index in [0.29, 0.717) is 12.8 Å². The van der Waals surface area contributed by atoms with Crippen LogP contribution in [0.1, 0.15) is 18.5 Å². The van der Waals surface area contributed by atoms with Gasteiger partial charge in [-0.2, -0.15) is 22.5 Å². The van der Waals surface area contributed by atoms with Crippen molar-refractivity contribution in [3.05, 3.63) is 48.3 Å². The number of hydrogen-bond acceptors (Lipinski definition) is 5. The van der Waals surface area contributed by atoms with Gasteiger partial charge in [-0.1, -0.05) is 18.2 Å². The molecule has 0 aliphatic carbocycles. The minimum atomic E-state index is -4.58. The molecule has 1 fully saturated rings. The third-order valence-electron chi connectivity index (χ3n) is 3.98. The quantitative estimate of drug-likeness (QED) is 0.807. The van der Waals surface area contributed by atoms with Crippen molar-refractivity contribution in [3.8, 4) is 6.01 Å². The predicted molar refractivity (Wildman–Crippen MR) is 85.9 cm³/mol. The van der Waals surface area contributed by atoms with Gasteiger partial charge in [-0.05, 0) is 31.0 Å². The van der Waals surface area contributed by atoms with Crippen LogP contribution in [0.4, 0.5) is 13.2 Å². The van der Waals surface area contributed by atoms with Crippen molar-refractivity contribution >= 4 is 10.0 Å². The molecule has 2 aromatic rings. The van der Waals surface area contributed by atoms with E-state index in [1.54, 1.807) is 18.2 Å². The molecule has 0 atom stereocenters. The zero-order chi connectivity index (χ0) is 18.8. The number of piperidine rings is 1. The standard InChI is InChI=1S/C16H16F3N3O3S/c17-16(18,19)14-6-9-20-15(21-14)25-12-7-10-22(11-8-12)26(23,24)13-4-2-1-3-5-13/h1-6,9,12H,7-8,10-11H2. The second-order valence-electron chi connectivity index (χ2n) is 5.76. The van der Waals surface area contributed by atoms with Gasteiger partial charge in [0.25, 0.3) is 0 Å². The molecule has 1 aliphatic rings. The van der Waals surface area contributed by atoms with Gasteiger partial charge >= 0.3 is 12.2 Å². The molecule has 2 heterocycles. The summed E-state index contributed by atoms with van der Waals surface area (Å²) in [5.74, 6) is 0. The van der Waals surface area contributed by atoms with Crippen LogP contribution in [0, 0.1) is 0 Å². The lowest BCUT2D eigenvalue weighted by Crippen LogP contribution is -2.41. The number of nitrogens with zero attached hydrogens (tertiary/aromatic N) is 3. The fourth-order valence-corrected chi connectivity index (χ4v) is 4.13. The van der Waals surface area contributed by atoms with Crippen LogP contribution < -0.4 is 4.74 Å². The molecule has 0 saturated carbocycles. The molecular weight excluding hydrogens is 371 g/mol. The molecule has 26 heavy (non-hydrogen) atoms. The van der Waals surface area contributed by atoms with E-state index >= 15 is 0 Å². The van der Waals surface area contributed by atoms with Gasteiger partial charge in [0.2, 0.25) is 10.0 Å². The molecule has 1 aromatic carbocycles. The minimum absolute atomic E-state index is 0.209. The van der Waals surface area contributed by atoms with E-state index in [-0.39, 0.29) is 24.0 Å². The van der Waals surface area contributed by atoms with Crippen molar-refractivity contribution in [2.24, 2.45) is 0 Å². The van der Waals surface area contributed by atoms with Gasteiger partial charge in [0, 0.05) is 19.3 Å². The molecule has 3 rings (SSSR count). The molecule has 0 spiro atoms. The Hall–Kier alpha value is -2.20. The zero-order valence-electron chi connectivity index (χ0n) is 13.6. The number of rotatable bonds is 4. The fraction of sp³-hybridized carbons (Fsp3) is 0.375. The monoisotopic (exact) mass is 387 g/mol. The number of benzene rings is 1. The van der Waals surface area contributed by atoms with Gasteiger partial charge in [0.1, 0.15) is 6.10 Å². The SMILES string of the molecule is O=S(=O)(c1ccccc1)N1CCC(Oc2nccc(C(F)(F)F)n2)CC1. The highest BCUT2D eigenvalue weighted by Crippen LogP contribution is 2.28. The van der Waals surface area contributed by atoms with Gasteiger partial charge in [-0.15, -0.1) is 0 Å². The first-order chi connectivity index (χ1) is 12.3. The molecule has 0 unspecified atom stereocenters. The van der Waals surface area contributed by atoms with Gasteiger partial charge in [-0.25, -0.2) is 13.4 Å². The van der Waals surface area contributed by atoms with Crippen molar-refractivity contribution in [2.75, 3.05) is 13.1 Å². The number of hydrogen-bond donors (Lipinski definition) is 0. The van der Waals surface area contributed by atoms with Crippen LogP contribution in [-0.4, -0.2) is 41.9 Å². The molecule has 1 saturated heterocycles. The van der Waals surface area contributed by atoms with Gasteiger partial charge in [0.15, 0.2) is 5.69 Å². The molecule has 10 heteroatoms. The largest absolute Gasteiger partial charge is 0.460 e. The number of ether oxygens (including phenoxy) is 1. The van der Waals surface area contributed by atoms with Crippen LogP contribution in [0.2, 0.25) is 0 Å². The van der Waals surface area contributed by atoms with E-state index in [1.807, 2.05) is 0 Å². The maximum absolute atomic E-state index is 12.7. The minimum Gasteiger partial charge on any atom is -0.460 e. The molecule has 0 bridgehead atoms. The Labute approximate surface area is 148 Å². The molecular formula is C16H16F3N3O3S. The van der Waals surface area contributed by atoms with Crippen LogP contribution in [0.5, 0.6) is 6.01 Å². The first-order valence-electron chi connectivity index (χ1n) is 7.89. The topological polar surface area (TPSA) is 72.4 Å². The smallest absolute Gasteiger partial charge is 0.433 e. The summed E-state index contributed by atoms with van der Waals surface area (Å²) in [4.78, 5) is 7.27. The Kier molecular flexibility index (Phi) is 5.15. The van der Waals surface area contributed by atoms with E-state index in [9.17, 15) is 21.6 Å². The highest BCUT2D eigenvalue weighted by Gasteiger charge is 2.34. The van der Waals surface area contributed by atoms with Crippen molar-refractivity contribution < 1.29 is 26.3 Å². The molecule has 6 nitrogen and oxygen atoms in total. The van der Waals surface area contributed by atoms with E-state index < -0.39 is 28.0 Å². The normalized spacial score (nSPS) is 17.2. The van der Waals surface area contributed by atoms with Crippen LogP contribution in [0.15, 0.2) is 47.5 Å². The first kappa shape index (κ1) is 18.6. The van der Waals surface area contributed by atoms with Gasteiger partial charge < -0.3 is 4.74 Å². The van der Waals surface area contributed by atoms with E-state index in [0.717, 1.165) is 12.3 Å². The van der Waals surface area contributed by atoms with Crippen molar-refractivity contribution in [1.82, 2.24) is 14.3 Å². The van der Waals surface area contributed by atoms with Crippen LogP contribution in [0.25, 0.3) is 0 Å². The van der Waals surface area contributed by atoms with E-state index in [1.165, 1.54) is 16.4 Å². The molecule has 1 aromatic heterocycles. The molecule has 0 N–H and O–H groups in total. The van der Waals surface area contributed by atoms with Crippen molar-refractivity contribution in [2.45, 2.75) is 30.0 Å². The first-order valence-corrected chi connectivity index (χ1v) is 9.33. The second kappa shape index (κ2) is 7.20. The third kappa shape index (κ3) is 4.13. The van der Waals surface area contributed by atoms with E-state index in [4.69, 9.17) is 4.74 Å². The summed E-state index contributed by atoms with van der Waals surface area (Å²) >= 11 is 0.